The van der Waals surface area contributed by atoms with Gasteiger partial charge in [-0.3, -0.25) is 9.47 Å². The van der Waals surface area contributed by atoms with E-state index in [2.05, 4.69) is 15.5 Å². The van der Waals surface area contributed by atoms with Crippen molar-refractivity contribution in [2.75, 3.05) is 20.6 Å². The highest BCUT2D eigenvalue weighted by Gasteiger charge is 2.42. The number of hydrogen-bond donors (Lipinski definition) is 1. The summed E-state index contributed by atoms with van der Waals surface area (Å²) in [5.41, 5.74) is 0. The van der Waals surface area contributed by atoms with Crippen LogP contribution in [0.25, 0.3) is 0 Å². The van der Waals surface area contributed by atoms with Gasteiger partial charge in [0.15, 0.2) is 5.82 Å². The van der Waals surface area contributed by atoms with Gasteiger partial charge in [0.2, 0.25) is 5.82 Å². The maximum Gasteiger partial charge on any atom is 0.451 e. The van der Waals surface area contributed by atoms with Crippen LogP contribution in [0.4, 0.5) is 13.2 Å². The minimum atomic E-state index is -4.48. The Balaban J connectivity index is 2.53. The minimum Gasteiger partial charge on any atom is -0.304 e. The molecular weight excluding hydrogens is 235 g/mol. The molecule has 0 radical (unpaired) electrons. The fourth-order valence-electron chi connectivity index (χ4n) is 1.96. The predicted molar refractivity (Wildman–Crippen MR) is 54.2 cm³/mol. The van der Waals surface area contributed by atoms with E-state index >= 15 is 0 Å². The quantitative estimate of drug-likeness (QED) is 0.807. The molecule has 1 aromatic heterocycles. The zero-order valence-electron chi connectivity index (χ0n) is 9.78. The van der Waals surface area contributed by atoms with Crippen molar-refractivity contribution in [1.29, 1.82) is 0 Å². The normalized spacial score (nSPS) is 25.1. The van der Waals surface area contributed by atoms with Gasteiger partial charge in [-0.1, -0.05) is 0 Å². The van der Waals surface area contributed by atoms with E-state index in [0.29, 0.717) is 12.4 Å². The zero-order chi connectivity index (χ0) is 12.8. The van der Waals surface area contributed by atoms with Crippen LogP contribution in [0.15, 0.2) is 0 Å². The van der Waals surface area contributed by atoms with Gasteiger partial charge in [-0.25, -0.2) is 0 Å². The molecule has 1 aromatic rings. The molecule has 2 rings (SSSR count). The van der Waals surface area contributed by atoms with Gasteiger partial charge < -0.3 is 5.32 Å². The van der Waals surface area contributed by atoms with Gasteiger partial charge in [0.1, 0.15) is 6.17 Å². The average Bonchev–Trinajstić information content (AvgIpc) is 2.61. The number of halogens is 3. The second-order valence-electron chi connectivity index (χ2n) is 4.32. The van der Waals surface area contributed by atoms with Crippen molar-refractivity contribution in [3.63, 3.8) is 0 Å². The molecule has 1 aliphatic rings. The Labute approximate surface area is 96.6 Å². The number of nitrogens with one attached hydrogen (secondary N) is 1. The molecule has 1 aliphatic heterocycles. The minimum absolute atomic E-state index is 0.227. The van der Waals surface area contributed by atoms with Crippen molar-refractivity contribution in [3.8, 4) is 0 Å². The number of nitrogens with zero attached hydrogens (tertiary/aromatic N) is 4. The fraction of sp³-hybridized carbons (Fsp3) is 0.778. The second-order valence-corrected chi connectivity index (χ2v) is 4.32. The number of likely N-dealkylation sites (N-methyl/N-ethyl adjacent to an activating group) is 1. The van der Waals surface area contributed by atoms with Gasteiger partial charge in [0.25, 0.3) is 0 Å². The highest BCUT2D eigenvalue weighted by atomic mass is 19.4. The molecule has 0 aromatic carbocycles. The number of fused-ring (bicyclic) bond motifs is 1. The Morgan fingerprint density at radius 3 is 2.53 bits per heavy atom. The Morgan fingerprint density at radius 1 is 1.35 bits per heavy atom. The molecule has 17 heavy (non-hydrogen) atoms. The van der Waals surface area contributed by atoms with Crippen LogP contribution in [0.3, 0.4) is 0 Å². The lowest BCUT2D eigenvalue weighted by Crippen LogP contribution is -2.43. The Morgan fingerprint density at radius 2 is 2.00 bits per heavy atom. The molecule has 1 N–H and O–H groups in total. The van der Waals surface area contributed by atoms with Crippen molar-refractivity contribution >= 4 is 0 Å². The highest BCUT2D eigenvalue weighted by molar-refractivity contribution is 5.08. The van der Waals surface area contributed by atoms with E-state index in [1.165, 1.54) is 4.57 Å². The van der Waals surface area contributed by atoms with Gasteiger partial charge in [-0.2, -0.15) is 13.2 Å². The summed E-state index contributed by atoms with van der Waals surface area (Å²) < 4.78 is 39.6. The third-order valence-electron chi connectivity index (χ3n) is 2.86. The SMILES string of the molecule is CC1NCC(N(C)C)n2c1nnc2C(F)(F)F. The summed E-state index contributed by atoms with van der Waals surface area (Å²) in [6, 6.07) is -0.227. The van der Waals surface area contributed by atoms with E-state index in [1.54, 1.807) is 25.9 Å². The van der Waals surface area contributed by atoms with Crippen LogP contribution >= 0.6 is 0 Å². The summed E-state index contributed by atoms with van der Waals surface area (Å²) in [7, 11) is 3.46. The number of alkyl halides is 3. The second kappa shape index (κ2) is 3.95. The lowest BCUT2D eigenvalue weighted by molar-refractivity contribution is -0.149. The monoisotopic (exact) mass is 249 g/mol. The first kappa shape index (κ1) is 12.3. The molecule has 0 fully saturated rings. The Hall–Kier alpha value is -1.15. The van der Waals surface area contributed by atoms with Gasteiger partial charge in [-0.15, -0.1) is 10.2 Å². The molecule has 0 bridgehead atoms. The van der Waals surface area contributed by atoms with E-state index in [1.807, 2.05) is 0 Å². The summed E-state index contributed by atoms with van der Waals surface area (Å²) in [6.07, 6.45) is -4.90. The summed E-state index contributed by atoms with van der Waals surface area (Å²) in [4.78, 5) is 1.71. The molecule has 0 amide bonds. The average molecular weight is 249 g/mol. The highest BCUT2D eigenvalue weighted by Crippen LogP contribution is 2.33. The van der Waals surface area contributed by atoms with Crippen LogP contribution in [-0.4, -0.2) is 40.3 Å². The predicted octanol–water partition coefficient (Wildman–Crippen LogP) is 1.02. The van der Waals surface area contributed by atoms with E-state index in [9.17, 15) is 13.2 Å². The maximum atomic E-state index is 12.8. The standard InChI is InChI=1S/C9H14F3N5/c1-5-7-14-15-8(9(10,11)12)17(7)6(4-13-5)16(2)3/h5-6,13H,4H2,1-3H3. The summed E-state index contributed by atoms with van der Waals surface area (Å²) >= 11 is 0. The largest absolute Gasteiger partial charge is 0.451 e. The Kier molecular flexibility index (Phi) is 2.86. The van der Waals surface area contributed by atoms with Gasteiger partial charge in [-0.05, 0) is 21.0 Å². The van der Waals surface area contributed by atoms with Crippen LogP contribution in [-0.2, 0) is 6.18 Å². The van der Waals surface area contributed by atoms with E-state index in [-0.39, 0.29) is 6.04 Å². The Bertz CT molecular complexity index is 411. The van der Waals surface area contributed by atoms with Crippen LogP contribution < -0.4 is 5.32 Å². The third-order valence-corrected chi connectivity index (χ3v) is 2.86. The number of rotatable bonds is 1. The first-order chi connectivity index (χ1) is 7.82. The molecule has 0 saturated carbocycles. The summed E-state index contributed by atoms with van der Waals surface area (Å²) in [5.74, 6) is -0.609. The van der Waals surface area contributed by atoms with Gasteiger partial charge in [0, 0.05) is 6.54 Å². The smallest absolute Gasteiger partial charge is 0.304 e. The topological polar surface area (TPSA) is 46.0 Å². The van der Waals surface area contributed by atoms with Crippen LogP contribution in [0.1, 0.15) is 30.8 Å². The molecule has 5 nitrogen and oxygen atoms in total. The molecule has 2 atom stereocenters. The third kappa shape index (κ3) is 2.02. The summed E-state index contributed by atoms with van der Waals surface area (Å²) in [6.45, 7) is 2.20. The first-order valence-electron chi connectivity index (χ1n) is 5.24. The molecule has 0 saturated heterocycles. The first-order valence-corrected chi connectivity index (χ1v) is 5.24. The van der Waals surface area contributed by atoms with Gasteiger partial charge in [0.05, 0.1) is 6.04 Å². The van der Waals surface area contributed by atoms with Crippen molar-refractivity contribution in [2.45, 2.75) is 25.3 Å². The van der Waals surface area contributed by atoms with E-state index in [4.69, 9.17) is 0 Å². The molecule has 96 valence electrons. The van der Waals surface area contributed by atoms with Crippen LogP contribution in [0, 0.1) is 0 Å². The zero-order valence-corrected chi connectivity index (χ0v) is 9.78. The molecule has 2 unspecified atom stereocenters. The lowest BCUT2D eigenvalue weighted by atomic mass is 10.2. The molecular formula is C9H14F3N5. The molecule has 8 heteroatoms. The summed E-state index contributed by atoms with van der Waals surface area (Å²) in [5, 5.41) is 10.0. The van der Waals surface area contributed by atoms with Crippen molar-refractivity contribution in [3.05, 3.63) is 11.6 Å². The maximum absolute atomic E-state index is 12.8. The van der Waals surface area contributed by atoms with Gasteiger partial charge >= 0.3 is 6.18 Å². The van der Waals surface area contributed by atoms with Crippen molar-refractivity contribution in [2.24, 2.45) is 0 Å². The van der Waals surface area contributed by atoms with E-state index < -0.39 is 18.2 Å². The fourth-order valence-corrected chi connectivity index (χ4v) is 1.96. The van der Waals surface area contributed by atoms with Crippen LogP contribution in [0.5, 0.6) is 0 Å². The van der Waals surface area contributed by atoms with Crippen LogP contribution in [0.2, 0.25) is 0 Å². The lowest BCUT2D eigenvalue weighted by Gasteiger charge is -2.34. The molecule has 2 heterocycles. The molecule has 0 spiro atoms. The molecule has 0 aliphatic carbocycles. The number of hydrogen-bond acceptors (Lipinski definition) is 4. The number of aromatic nitrogens is 3. The van der Waals surface area contributed by atoms with Crippen molar-refractivity contribution in [1.82, 2.24) is 25.0 Å². The van der Waals surface area contributed by atoms with Crippen molar-refractivity contribution < 1.29 is 13.2 Å². The van der Waals surface area contributed by atoms with E-state index in [0.717, 1.165) is 0 Å².